The van der Waals surface area contributed by atoms with Gasteiger partial charge in [0.05, 0.1) is 19.3 Å². The van der Waals surface area contributed by atoms with Crippen molar-refractivity contribution in [3.8, 4) is 28.4 Å². The average Bonchev–Trinajstić information content (AvgIpc) is 3.21. The van der Waals surface area contributed by atoms with Crippen LogP contribution in [-0.2, 0) is 21.4 Å². The molecule has 0 saturated carbocycles. The minimum absolute atomic E-state index is 0.0479. The Bertz CT molecular complexity index is 1380. The zero-order valence-electron chi connectivity index (χ0n) is 21.1. The largest absolute Gasteiger partial charge is 0.492 e. The van der Waals surface area contributed by atoms with E-state index in [2.05, 4.69) is 16.9 Å². The van der Waals surface area contributed by atoms with Crippen molar-refractivity contribution in [1.82, 2.24) is 4.72 Å². The number of fused-ring (bicyclic) bond motifs is 1. The van der Waals surface area contributed by atoms with E-state index in [1.165, 1.54) is 0 Å². The number of rotatable bonds is 11. The second kappa shape index (κ2) is 11.2. The number of hydrogen-bond donors (Lipinski definition) is 2. The number of carboxylic acids is 1. The van der Waals surface area contributed by atoms with Crippen molar-refractivity contribution < 1.29 is 32.5 Å². The number of benzene rings is 3. The van der Waals surface area contributed by atoms with Crippen LogP contribution in [0, 0.1) is 13.8 Å². The highest BCUT2D eigenvalue weighted by atomic mass is 32.2. The summed E-state index contributed by atoms with van der Waals surface area (Å²) in [5.41, 5.74) is 6.19. The van der Waals surface area contributed by atoms with Crippen LogP contribution >= 0.6 is 0 Å². The molecule has 1 heterocycles. The van der Waals surface area contributed by atoms with Gasteiger partial charge < -0.3 is 19.3 Å². The molecule has 2 N–H and O–H groups in total. The third-order valence-corrected chi connectivity index (χ3v) is 6.88. The van der Waals surface area contributed by atoms with Crippen molar-refractivity contribution in [2.75, 3.05) is 26.0 Å². The average molecular weight is 526 g/mol. The number of ether oxygens (including phenoxy) is 3. The van der Waals surface area contributed by atoms with Gasteiger partial charge in [0.1, 0.15) is 30.5 Å². The first kappa shape index (κ1) is 26.5. The van der Waals surface area contributed by atoms with E-state index < -0.39 is 16.0 Å². The summed E-state index contributed by atoms with van der Waals surface area (Å²) < 4.78 is 42.2. The summed E-state index contributed by atoms with van der Waals surface area (Å²) in [5.74, 6) is 1.07. The van der Waals surface area contributed by atoms with Crippen molar-refractivity contribution in [2.24, 2.45) is 0 Å². The van der Waals surface area contributed by atoms with Gasteiger partial charge in [0, 0.05) is 24.1 Å². The monoisotopic (exact) mass is 525 g/mol. The molecule has 3 aromatic carbocycles. The van der Waals surface area contributed by atoms with Gasteiger partial charge in [-0.1, -0.05) is 24.3 Å². The molecule has 0 radical (unpaired) electrons. The minimum atomic E-state index is -3.24. The number of carboxylic acid groups (broad SMARTS) is 1. The molecule has 0 saturated heterocycles. The van der Waals surface area contributed by atoms with Gasteiger partial charge in [-0.05, 0) is 65.9 Å². The van der Waals surface area contributed by atoms with E-state index in [0.717, 1.165) is 39.6 Å². The van der Waals surface area contributed by atoms with Gasteiger partial charge >= 0.3 is 5.97 Å². The van der Waals surface area contributed by atoms with Crippen molar-refractivity contribution in [3.05, 3.63) is 76.9 Å². The third kappa shape index (κ3) is 7.02. The molecule has 0 aliphatic carbocycles. The highest BCUT2D eigenvalue weighted by Crippen LogP contribution is 2.38. The van der Waals surface area contributed by atoms with Gasteiger partial charge in [-0.3, -0.25) is 4.79 Å². The highest BCUT2D eigenvalue weighted by Gasteiger charge is 2.26. The Morgan fingerprint density at radius 1 is 1.05 bits per heavy atom. The predicted octanol–water partition coefficient (Wildman–Crippen LogP) is 4.43. The maximum Gasteiger partial charge on any atom is 0.304 e. The molecule has 1 aliphatic heterocycles. The predicted molar refractivity (Wildman–Crippen MR) is 141 cm³/mol. The summed E-state index contributed by atoms with van der Waals surface area (Å²) in [6.07, 6.45) is 1.17. The first-order valence-electron chi connectivity index (χ1n) is 12.0. The fourth-order valence-electron chi connectivity index (χ4n) is 4.57. The van der Waals surface area contributed by atoms with Crippen molar-refractivity contribution in [1.29, 1.82) is 0 Å². The van der Waals surface area contributed by atoms with E-state index >= 15 is 0 Å². The fourth-order valence-corrected chi connectivity index (χ4v) is 5.02. The molecule has 196 valence electrons. The van der Waals surface area contributed by atoms with E-state index in [1.54, 1.807) is 0 Å². The second-order valence-electron chi connectivity index (χ2n) is 9.24. The van der Waals surface area contributed by atoms with Crippen LogP contribution in [0.1, 0.15) is 34.6 Å². The Hall–Kier alpha value is -3.56. The second-order valence-corrected chi connectivity index (χ2v) is 11.1. The van der Waals surface area contributed by atoms with Crippen LogP contribution in [-0.4, -0.2) is 45.5 Å². The van der Waals surface area contributed by atoms with Gasteiger partial charge in [0.15, 0.2) is 0 Å². The molecule has 0 aromatic heterocycles. The van der Waals surface area contributed by atoms with Crippen LogP contribution in [0.3, 0.4) is 0 Å². The molecule has 8 nitrogen and oxygen atoms in total. The lowest BCUT2D eigenvalue weighted by molar-refractivity contribution is -0.137. The van der Waals surface area contributed by atoms with Crippen LogP contribution in [0.25, 0.3) is 11.1 Å². The van der Waals surface area contributed by atoms with Crippen LogP contribution in [0.15, 0.2) is 54.6 Å². The summed E-state index contributed by atoms with van der Waals surface area (Å²) >= 11 is 0. The number of hydrogen-bond acceptors (Lipinski definition) is 6. The molecule has 0 bridgehead atoms. The Kier molecular flexibility index (Phi) is 8.04. The molecular weight excluding hydrogens is 494 g/mol. The maximum absolute atomic E-state index is 11.2. The lowest BCUT2D eigenvalue weighted by Gasteiger charge is -2.15. The molecule has 1 aliphatic rings. The SMILES string of the molecule is Cc1cc(OCCNS(C)(=O)=O)cc(C)c1-c1cccc(COc2ccc3c(c2)OCC3CC(=O)O)c1. The van der Waals surface area contributed by atoms with E-state index in [9.17, 15) is 13.2 Å². The molecule has 0 spiro atoms. The van der Waals surface area contributed by atoms with Crippen LogP contribution < -0.4 is 18.9 Å². The first-order chi connectivity index (χ1) is 17.6. The number of sulfonamides is 1. The van der Waals surface area contributed by atoms with Crippen LogP contribution in [0.2, 0.25) is 0 Å². The molecular formula is C28H31NO7S. The standard InChI is InChI=1S/C28H31NO7S/c1-18-11-24(34-10-9-29-37(3,32)33)12-19(2)28(18)21-6-4-5-20(13-21)16-35-23-7-8-25-22(14-27(30)31)17-36-26(25)15-23/h4-8,11-13,15,22,29H,9-10,14,16-17H2,1-3H3,(H,30,31). The molecule has 1 unspecified atom stereocenters. The Labute approximate surface area is 217 Å². The molecule has 4 rings (SSSR count). The van der Waals surface area contributed by atoms with Crippen molar-refractivity contribution in [2.45, 2.75) is 32.8 Å². The number of carbonyl (C=O) groups is 1. The summed E-state index contributed by atoms with van der Waals surface area (Å²) in [6.45, 7) is 5.24. The summed E-state index contributed by atoms with van der Waals surface area (Å²) in [7, 11) is -3.24. The zero-order valence-corrected chi connectivity index (χ0v) is 21.9. The first-order valence-corrected chi connectivity index (χ1v) is 13.9. The molecule has 3 aromatic rings. The van der Waals surface area contributed by atoms with Gasteiger partial charge in [0.2, 0.25) is 10.0 Å². The zero-order chi connectivity index (χ0) is 26.6. The van der Waals surface area contributed by atoms with Gasteiger partial charge in [-0.2, -0.15) is 0 Å². The van der Waals surface area contributed by atoms with Crippen LogP contribution in [0.5, 0.6) is 17.2 Å². The lowest BCUT2D eigenvalue weighted by atomic mass is 9.94. The quantitative estimate of drug-likeness (QED) is 0.356. The Morgan fingerprint density at radius 3 is 2.51 bits per heavy atom. The molecule has 0 fully saturated rings. The summed E-state index contributed by atoms with van der Waals surface area (Å²) in [4.78, 5) is 11.1. The summed E-state index contributed by atoms with van der Waals surface area (Å²) in [5, 5.41) is 9.08. The third-order valence-electron chi connectivity index (χ3n) is 6.15. The van der Waals surface area contributed by atoms with E-state index in [1.807, 2.05) is 56.3 Å². The maximum atomic E-state index is 11.2. The van der Waals surface area contributed by atoms with Gasteiger partial charge in [0.25, 0.3) is 0 Å². The Morgan fingerprint density at radius 2 is 1.81 bits per heavy atom. The van der Waals surface area contributed by atoms with E-state index in [4.69, 9.17) is 19.3 Å². The van der Waals surface area contributed by atoms with Gasteiger partial charge in [-0.15, -0.1) is 0 Å². The number of aryl methyl sites for hydroxylation is 2. The highest BCUT2D eigenvalue weighted by molar-refractivity contribution is 7.88. The molecule has 9 heteroatoms. The minimum Gasteiger partial charge on any atom is -0.492 e. The fraction of sp³-hybridized carbons (Fsp3) is 0.321. The molecule has 37 heavy (non-hydrogen) atoms. The lowest BCUT2D eigenvalue weighted by Crippen LogP contribution is -2.26. The smallest absolute Gasteiger partial charge is 0.304 e. The Balaban J connectivity index is 1.42. The number of aliphatic carboxylic acids is 1. The molecule has 0 amide bonds. The van der Waals surface area contributed by atoms with Crippen molar-refractivity contribution in [3.63, 3.8) is 0 Å². The van der Waals surface area contributed by atoms with Gasteiger partial charge in [-0.25, -0.2) is 13.1 Å². The van der Waals surface area contributed by atoms with E-state index in [-0.39, 0.29) is 25.5 Å². The summed E-state index contributed by atoms with van der Waals surface area (Å²) in [6, 6.07) is 17.6. The van der Waals surface area contributed by atoms with E-state index in [0.29, 0.717) is 30.5 Å². The topological polar surface area (TPSA) is 111 Å². The normalized spacial score (nSPS) is 14.6. The van der Waals surface area contributed by atoms with Crippen LogP contribution in [0.4, 0.5) is 0 Å². The molecule has 1 atom stereocenters. The van der Waals surface area contributed by atoms with Crippen molar-refractivity contribution >= 4 is 16.0 Å². The number of nitrogens with one attached hydrogen (secondary N) is 1.